The van der Waals surface area contributed by atoms with E-state index in [1.54, 1.807) is 7.05 Å². The lowest BCUT2D eigenvalue weighted by Crippen LogP contribution is -2.40. The molecule has 1 aliphatic rings. The van der Waals surface area contributed by atoms with Gasteiger partial charge in [0.25, 0.3) is 0 Å². The molecule has 1 rings (SSSR count). The van der Waals surface area contributed by atoms with E-state index in [4.69, 9.17) is 4.74 Å². The smallest absolute Gasteiger partial charge is 0.330 e. The number of ether oxygens (including phenoxy) is 2. The van der Waals surface area contributed by atoms with Crippen molar-refractivity contribution < 1.29 is 27.0 Å². The number of likely N-dealkylation sites (N-methyl/N-ethyl adjacent to an activating group) is 1. The van der Waals surface area contributed by atoms with Crippen molar-refractivity contribution in [1.82, 2.24) is 5.32 Å². The summed E-state index contributed by atoms with van der Waals surface area (Å²) in [5.74, 6) is -3.90. The van der Waals surface area contributed by atoms with Gasteiger partial charge in [-0.05, 0) is 13.5 Å². The maximum absolute atomic E-state index is 12.6. The zero-order chi connectivity index (χ0) is 12.9. The van der Waals surface area contributed by atoms with E-state index in [0.717, 1.165) is 6.42 Å². The Hall–Kier alpha value is -0.400. The molecule has 1 saturated heterocycles. The zero-order valence-corrected chi connectivity index (χ0v) is 9.60. The molecule has 0 saturated carbocycles. The van der Waals surface area contributed by atoms with Gasteiger partial charge in [0, 0.05) is 18.6 Å². The highest BCUT2D eigenvalue weighted by atomic mass is 19.3. The van der Waals surface area contributed by atoms with Crippen molar-refractivity contribution in [3.05, 3.63) is 0 Å². The van der Waals surface area contributed by atoms with Gasteiger partial charge < -0.3 is 14.8 Å². The Bertz CT molecular complexity index is 222. The number of alkyl halides is 4. The summed E-state index contributed by atoms with van der Waals surface area (Å²) < 4.78 is 58.7. The maximum Gasteiger partial charge on any atom is 0.330 e. The summed E-state index contributed by atoms with van der Waals surface area (Å²) in [5.41, 5.74) is 0. The Balaban J connectivity index is 2.28. The number of rotatable bonds is 7. The molecule has 1 N–H and O–H groups in total. The lowest BCUT2D eigenvalue weighted by molar-refractivity contribution is -0.167. The summed E-state index contributed by atoms with van der Waals surface area (Å²) in [5, 5.41) is 2.92. The van der Waals surface area contributed by atoms with Gasteiger partial charge in [0.1, 0.15) is 6.61 Å². The van der Waals surface area contributed by atoms with Crippen LogP contribution in [0.3, 0.4) is 0 Å². The molecule has 0 amide bonds. The van der Waals surface area contributed by atoms with Crippen molar-refractivity contribution in [1.29, 1.82) is 0 Å². The van der Waals surface area contributed by atoms with Crippen LogP contribution in [-0.2, 0) is 9.47 Å². The minimum absolute atomic E-state index is 0.0210. The molecule has 0 radical (unpaired) electrons. The van der Waals surface area contributed by atoms with Gasteiger partial charge in [-0.1, -0.05) is 0 Å². The van der Waals surface area contributed by atoms with Crippen molar-refractivity contribution >= 4 is 0 Å². The van der Waals surface area contributed by atoms with Crippen LogP contribution in [0, 0.1) is 5.92 Å². The van der Waals surface area contributed by atoms with E-state index in [2.05, 4.69) is 10.1 Å². The third-order valence-corrected chi connectivity index (χ3v) is 2.82. The average Bonchev–Trinajstić information content (AvgIpc) is 2.77. The van der Waals surface area contributed by atoms with Gasteiger partial charge in [0.2, 0.25) is 0 Å². The largest absolute Gasteiger partial charge is 0.381 e. The molecule has 1 heterocycles. The van der Waals surface area contributed by atoms with Crippen LogP contribution in [-0.4, -0.2) is 51.9 Å². The van der Waals surface area contributed by atoms with E-state index in [1.807, 2.05) is 0 Å². The second kappa shape index (κ2) is 6.51. The van der Waals surface area contributed by atoms with Crippen LogP contribution in [0.2, 0.25) is 0 Å². The fourth-order valence-electron chi connectivity index (χ4n) is 1.71. The molecule has 0 aromatic rings. The molecular weight excluding hydrogens is 242 g/mol. The van der Waals surface area contributed by atoms with Gasteiger partial charge in [-0.3, -0.25) is 0 Å². The van der Waals surface area contributed by atoms with Crippen LogP contribution < -0.4 is 5.32 Å². The lowest BCUT2D eigenvalue weighted by Gasteiger charge is -2.23. The quantitative estimate of drug-likeness (QED) is 0.703. The lowest BCUT2D eigenvalue weighted by atomic mass is 10.00. The molecule has 1 fully saturated rings. The van der Waals surface area contributed by atoms with Gasteiger partial charge in [-0.2, -0.15) is 8.78 Å². The normalized spacial score (nSPS) is 23.3. The van der Waals surface area contributed by atoms with Gasteiger partial charge in [0.05, 0.1) is 13.2 Å². The Labute approximate surface area is 97.5 Å². The Kier molecular flexibility index (Phi) is 5.61. The summed E-state index contributed by atoms with van der Waals surface area (Å²) in [6.07, 6.45) is -2.87. The summed E-state index contributed by atoms with van der Waals surface area (Å²) in [6.45, 7) is -0.0978. The highest BCUT2D eigenvalue weighted by Crippen LogP contribution is 2.23. The van der Waals surface area contributed by atoms with E-state index >= 15 is 0 Å². The first-order chi connectivity index (χ1) is 7.97. The highest BCUT2D eigenvalue weighted by Gasteiger charge is 2.41. The third kappa shape index (κ3) is 4.40. The molecular formula is C10H17F4NO2. The molecule has 0 spiro atoms. The highest BCUT2D eigenvalue weighted by molar-refractivity contribution is 4.78. The van der Waals surface area contributed by atoms with Crippen molar-refractivity contribution in [2.75, 3.05) is 33.5 Å². The summed E-state index contributed by atoms with van der Waals surface area (Å²) >= 11 is 0. The molecule has 1 aliphatic heterocycles. The first kappa shape index (κ1) is 14.7. The van der Waals surface area contributed by atoms with Crippen molar-refractivity contribution in [3.63, 3.8) is 0 Å². The van der Waals surface area contributed by atoms with Crippen LogP contribution in [0.1, 0.15) is 6.42 Å². The monoisotopic (exact) mass is 259 g/mol. The van der Waals surface area contributed by atoms with Gasteiger partial charge in [-0.15, -0.1) is 0 Å². The summed E-state index contributed by atoms with van der Waals surface area (Å²) in [7, 11) is 1.68. The van der Waals surface area contributed by atoms with Gasteiger partial charge >= 0.3 is 12.3 Å². The van der Waals surface area contributed by atoms with Crippen LogP contribution in [0.15, 0.2) is 0 Å². The van der Waals surface area contributed by atoms with Crippen LogP contribution in [0.25, 0.3) is 0 Å². The standard InChI is InChI=1S/C10H17F4NO2/c1-15-8(7-2-3-16-4-7)5-17-6-10(13,14)9(11)12/h7-9,15H,2-6H2,1H3. The van der Waals surface area contributed by atoms with Crippen LogP contribution in [0.4, 0.5) is 17.6 Å². The fraction of sp³-hybridized carbons (Fsp3) is 1.00. The fourth-order valence-corrected chi connectivity index (χ4v) is 1.71. The SMILES string of the molecule is CNC(COCC(F)(F)C(F)F)C1CCOC1. The number of nitrogens with one attached hydrogen (secondary N) is 1. The predicted molar refractivity (Wildman–Crippen MR) is 53.5 cm³/mol. The minimum atomic E-state index is -4.08. The number of hydrogen-bond acceptors (Lipinski definition) is 3. The Morgan fingerprint density at radius 1 is 1.47 bits per heavy atom. The molecule has 17 heavy (non-hydrogen) atoms. The first-order valence-electron chi connectivity index (χ1n) is 5.46. The van der Waals surface area contributed by atoms with E-state index in [9.17, 15) is 17.6 Å². The molecule has 0 aromatic carbocycles. The van der Waals surface area contributed by atoms with Crippen molar-refractivity contribution in [2.24, 2.45) is 5.92 Å². The third-order valence-electron chi connectivity index (χ3n) is 2.82. The average molecular weight is 259 g/mol. The van der Waals surface area contributed by atoms with E-state index in [0.29, 0.717) is 13.2 Å². The Morgan fingerprint density at radius 2 is 2.18 bits per heavy atom. The van der Waals surface area contributed by atoms with E-state index in [1.165, 1.54) is 0 Å². The number of halogens is 4. The topological polar surface area (TPSA) is 30.5 Å². The Morgan fingerprint density at radius 3 is 2.65 bits per heavy atom. The zero-order valence-electron chi connectivity index (χ0n) is 9.60. The molecule has 0 aromatic heterocycles. The van der Waals surface area contributed by atoms with E-state index < -0.39 is 19.0 Å². The molecule has 0 bridgehead atoms. The predicted octanol–water partition coefficient (Wildman–Crippen LogP) is 1.53. The van der Waals surface area contributed by atoms with Crippen molar-refractivity contribution in [3.8, 4) is 0 Å². The molecule has 2 atom stereocenters. The second-order valence-electron chi connectivity index (χ2n) is 4.10. The first-order valence-corrected chi connectivity index (χ1v) is 5.46. The van der Waals surface area contributed by atoms with Crippen LogP contribution >= 0.6 is 0 Å². The minimum Gasteiger partial charge on any atom is -0.381 e. The molecule has 0 aliphatic carbocycles. The van der Waals surface area contributed by atoms with Crippen LogP contribution in [0.5, 0.6) is 0 Å². The van der Waals surface area contributed by atoms with Gasteiger partial charge in [0.15, 0.2) is 0 Å². The number of hydrogen-bond donors (Lipinski definition) is 1. The molecule has 2 unspecified atom stereocenters. The van der Waals surface area contributed by atoms with E-state index in [-0.39, 0.29) is 18.6 Å². The summed E-state index contributed by atoms with van der Waals surface area (Å²) in [4.78, 5) is 0. The molecule has 3 nitrogen and oxygen atoms in total. The summed E-state index contributed by atoms with van der Waals surface area (Å²) in [6, 6.07) is -0.147. The van der Waals surface area contributed by atoms with Gasteiger partial charge in [-0.25, -0.2) is 8.78 Å². The molecule has 7 heteroatoms. The molecule has 102 valence electrons. The second-order valence-corrected chi connectivity index (χ2v) is 4.10. The van der Waals surface area contributed by atoms with Crippen molar-refractivity contribution in [2.45, 2.75) is 24.8 Å². The maximum atomic E-state index is 12.6.